The number of hydrogen-bond donors (Lipinski definition) is 2. The maximum atomic E-state index is 12.4. The summed E-state index contributed by atoms with van der Waals surface area (Å²) in [5.74, 6) is -0.770. The van der Waals surface area contributed by atoms with E-state index in [-0.39, 0.29) is 42.0 Å². The van der Waals surface area contributed by atoms with Gasteiger partial charge in [-0.3, -0.25) is 19.8 Å². The highest BCUT2D eigenvalue weighted by molar-refractivity contribution is 7.89. The molecular formula is C20H22N4O5S. The molecule has 0 spiro atoms. The Morgan fingerprint density at radius 1 is 1.03 bits per heavy atom. The van der Waals surface area contributed by atoms with Gasteiger partial charge in [-0.05, 0) is 42.0 Å². The van der Waals surface area contributed by atoms with Crippen LogP contribution in [0.2, 0.25) is 0 Å². The molecule has 0 aromatic heterocycles. The second kappa shape index (κ2) is 8.64. The highest BCUT2D eigenvalue weighted by atomic mass is 32.2. The molecule has 1 heterocycles. The van der Waals surface area contributed by atoms with Crippen LogP contribution in [0.25, 0.3) is 0 Å². The number of carbonyl (C=O) groups is 3. The number of hydrazine groups is 1. The van der Waals surface area contributed by atoms with E-state index in [2.05, 4.69) is 10.7 Å². The van der Waals surface area contributed by atoms with Crippen molar-refractivity contribution in [2.45, 2.75) is 24.3 Å². The lowest BCUT2D eigenvalue weighted by molar-refractivity contribution is -0.130. The minimum absolute atomic E-state index is 0.142. The number of sulfonamides is 1. The summed E-state index contributed by atoms with van der Waals surface area (Å²) >= 11 is 0. The van der Waals surface area contributed by atoms with Crippen LogP contribution < -0.4 is 15.8 Å². The van der Waals surface area contributed by atoms with Crippen LogP contribution in [0.15, 0.2) is 53.4 Å². The summed E-state index contributed by atoms with van der Waals surface area (Å²) in [5, 5.41) is 3.94. The maximum Gasteiger partial charge on any atom is 0.251 e. The highest BCUT2D eigenvalue weighted by Crippen LogP contribution is 2.18. The van der Waals surface area contributed by atoms with Crippen LogP contribution in [0, 0.1) is 0 Å². The first-order chi connectivity index (χ1) is 14.2. The fraction of sp³-hybridized carbons (Fsp3) is 0.250. The quantitative estimate of drug-likeness (QED) is 0.710. The zero-order valence-electron chi connectivity index (χ0n) is 16.6. The zero-order valence-corrected chi connectivity index (χ0v) is 17.4. The van der Waals surface area contributed by atoms with Gasteiger partial charge in [0, 0.05) is 39.0 Å². The second-order valence-electron chi connectivity index (χ2n) is 6.93. The van der Waals surface area contributed by atoms with E-state index in [1.54, 1.807) is 36.4 Å². The van der Waals surface area contributed by atoms with Gasteiger partial charge < -0.3 is 5.32 Å². The molecule has 3 amide bonds. The molecule has 3 rings (SSSR count). The van der Waals surface area contributed by atoms with Crippen LogP contribution in [0.5, 0.6) is 0 Å². The van der Waals surface area contributed by atoms with Crippen LogP contribution in [0.1, 0.15) is 28.8 Å². The molecule has 9 nitrogen and oxygen atoms in total. The van der Waals surface area contributed by atoms with Crippen molar-refractivity contribution in [1.82, 2.24) is 15.0 Å². The Kier molecular flexibility index (Phi) is 6.18. The summed E-state index contributed by atoms with van der Waals surface area (Å²) in [5.41, 5.74) is 4.11. The van der Waals surface area contributed by atoms with Crippen LogP contribution in [0.3, 0.4) is 0 Å². The first-order valence-electron chi connectivity index (χ1n) is 9.20. The Balaban J connectivity index is 1.61. The van der Waals surface area contributed by atoms with Gasteiger partial charge in [0.25, 0.3) is 5.91 Å². The van der Waals surface area contributed by atoms with Crippen molar-refractivity contribution in [3.63, 3.8) is 0 Å². The maximum absolute atomic E-state index is 12.4. The van der Waals surface area contributed by atoms with Crippen molar-refractivity contribution < 1.29 is 22.8 Å². The zero-order chi connectivity index (χ0) is 21.9. The Morgan fingerprint density at radius 3 is 2.27 bits per heavy atom. The third-order valence-electron chi connectivity index (χ3n) is 4.59. The van der Waals surface area contributed by atoms with Gasteiger partial charge in [-0.15, -0.1) is 0 Å². The lowest BCUT2D eigenvalue weighted by atomic mass is 10.1. The summed E-state index contributed by atoms with van der Waals surface area (Å²) in [4.78, 5) is 36.0. The number of amides is 3. The van der Waals surface area contributed by atoms with E-state index in [1.165, 1.54) is 31.2 Å². The Bertz CT molecular complexity index is 1060. The van der Waals surface area contributed by atoms with Gasteiger partial charge in [0.05, 0.1) is 10.6 Å². The van der Waals surface area contributed by atoms with Crippen LogP contribution in [-0.2, 0) is 26.2 Å². The number of benzene rings is 2. The number of hydrogen-bond acceptors (Lipinski definition) is 5. The molecule has 0 unspecified atom stereocenters. The van der Waals surface area contributed by atoms with Crippen molar-refractivity contribution in [2.75, 3.05) is 19.1 Å². The van der Waals surface area contributed by atoms with Gasteiger partial charge >= 0.3 is 0 Å². The third-order valence-corrected chi connectivity index (χ3v) is 6.42. The molecule has 2 N–H and O–H groups in total. The number of anilines is 1. The van der Waals surface area contributed by atoms with E-state index in [0.29, 0.717) is 11.3 Å². The van der Waals surface area contributed by atoms with Crippen LogP contribution in [-0.4, -0.2) is 44.5 Å². The normalized spacial score (nSPS) is 14.6. The molecular weight excluding hydrogens is 408 g/mol. The second-order valence-corrected chi connectivity index (χ2v) is 9.08. The molecule has 1 saturated heterocycles. The third kappa shape index (κ3) is 4.66. The van der Waals surface area contributed by atoms with E-state index < -0.39 is 10.0 Å². The molecule has 0 bridgehead atoms. The number of nitrogens with zero attached hydrogens (tertiary/aromatic N) is 2. The Morgan fingerprint density at radius 2 is 1.67 bits per heavy atom. The van der Waals surface area contributed by atoms with E-state index >= 15 is 0 Å². The Labute approximate surface area is 174 Å². The fourth-order valence-electron chi connectivity index (χ4n) is 2.82. The molecule has 158 valence electrons. The van der Waals surface area contributed by atoms with Gasteiger partial charge in [0.2, 0.25) is 21.8 Å². The fourth-order valence-corrected chi connectivity index (χ4v) is 3.72. The van der Waals surface area contributed by atoms with Gasteiger partial charge in [-0.2, -0.15) is 0 Å². The van der Waals surface area contributed by atoms with Crippen LogP contribution in [0.4, 0.5) is 5.69 Å². The van der Waals surface area contributed by atoms with Crippen molar-refractivity contribution >= 4 is 33.4 Å². The topological polar surface area (TPSA) is 116 Å². The minimum Gasteiger partial charge on any atom is -0.348 e. The largest absolute Gasteiger partial charge is 0.348 e. The Hall–Kier alpha value is -3.24. The highest BCUT2D eigenvalue weighted by Gasteiger charge is 2.24. The molecule has 1 aliphatic heterocycles. The first-order valence-corrected chi connectivity index (χ1v) is 10.6. The molecule has 0 atom stereocenters. The van der Waals surface area contributed by atoms with Gasteiger partial charge in [-0.1, -0.05) is 12.1 Å². The first kappa shape index (κ1) is 21.5. The van der Waals surface area contributed by atoms with E-state index in [1.807, 2.05) is 0 Å². The average Bonchev–Trinajstić information content (AvgIpc) is 2.74. The summed E-state index contributed by atoms with van der Waals surface area (Å²) in [6.07, 6.45) is 0.306. The molecule has 0 aliphatic carbocycles. The summed E-state index contributed by atoms with van der Waals surface area (Å²) in [6.45, 7) is 0.226. The van der Waals surface area contributed by atoms with Gasteiger partial charge in [0.1, 0.15) is 0 Å². The van der Waals surface area contributed by atoms with Gasteiger partial charge in [0.15, 0.2) is 0 Å². The SMILES string of the molecule is CN(C)S(=O)(=O)c1ccc(CNC(=O)c2ccc(N3NC(=O)CCC3=O)cc2)cc1. The summed E-state index contributed by atoms with van der Waals surface area (Å²) < 4.78 is 25.3. The monoisotopic (exact) mass is 430 g/mol. The molecule has 0 radical (unpaired) electrons. The van der Waals surface area contributed by atoms with Gasteiger partial charge in [-0.25, -0.2) is 17.7 Å². The molecule has 0 saturated carbocycles. The van der Waals surface area contributed by atoms with E-state index in [9.17, 15) is 22.8 Å². The summed E-state index contributed by atoms with van der Waals surface area (Å²) in [6, 6.07) is 12.6. The predicted octanol–water partition coefficient (Wildman–Crippen LogP) is 1.02. The number of rotatable bonds is 6. The lowest BCUT2D eigenvalue weighted by Crippen LogP contribution is -2.50. The average molecular weight is 430 g/mol. The standard InChI is InChI=1S/C20H22N4O5S/c1-23(2)30(28,29)17-9-3-14(4-10-17)13-21-20(27)15-5-7-16(8-6-15)24-19(26)12-11-18(25)22-24/h3-10H,11-13H2,1-2H3,(H,21,27)(H,22,25). The molecule has 10 heteroatoms. The molecule has 30 heavy (non-hydrogen) atoms. The van der Waals surface area contributed by atoms with Crippen molar-refractivity contribution in [3.05, 3.63) is 59.7 Å². The van der Waals surface area contributed by atoms with Crippen molar-refractivity contribution in [3.8, 4) is 0 Å². The number of nitrogens with one attached hydrogen (secondary N) is 2. The van der Waals surface area contributed by atoms with E-state index in [4.69, 9.17) is 0 Å². The summed E-state index contributed by atoms with van der Waals surface area (Å²) in [7, 11) is -0.573. The number of carbonyl (C=O) groups excluding carboxylic acids is 3. The van der Waals surface area contributed by atoms with E-state index in [0.717, 1.165) is 9.87 Å². The minimum atomic E-state index is -3.50. The molecule has 2 aromatic rings. The smallest absolute Gasteiger partial charge is 0.251 e. The lowest BCUT2D eigenvalue weighted by Gasteiger charge is -2.27. The molecule has 1 aliphatic rings. The van der Waals surface area contributed by atoms with Crippen LogP contribution >= 0.6 is 0 Å². The molecule has 1 fully saturated rings. The predicted molar refractivity (Wildman–Crippen MR) is 110 cm³/mol. The van der Waals surface area contributed by atoms with Crippen molar-refractivity contribution in [1.29, 1.82) is 0 Å². The molecule has 2 aromatic carbocycles. The van der Waals surface area contributed by atoms with Crippen molar-refractivity contribution in [2.24, 2.45) is 0 Å².